The predicted molar refractivity (Wildman–Crippen MR) is 138 cm³/mol. The molecule has 0 aliphatic rings. The number of non-ortho nitro benzene ring substituents is 2. The number of nitrogens with zero attached hydrogens (tertiary/aromatic N) is 2. The van der Waals surface area contributed by atoms with Crippen molar-refractivity contribution < 1.29 is 38.5 Å². The highest BCUT2D eigenvalue weighted by Crippen LogP contribution is 2.18. The van der Waals surface area contributed by atoms with Crippen molar-refractivity contribution >= 4 is 46.6 Å². The van der Waals surface area contributed by atoms with E-state index in [4.69, 9.17) is 9.47 Å². The van der Waals surface area contributed by atoms with Crippen LogP contribution in [0.3, 0.4) is 0 Å². The standard InChI is InChI=1S/C24H20N6O10/c31-21(27-23(33)25-15-1-5-17(6-2-15)29(35)36)13-39-19-9-11-20(12-10-19)40-14-22(32)28-24(34)26-16-3-7-18(8-4-16)30(37)38/h1-12H,13-14H2,(H2,25,27,31,33)(H2,26,28,32,34). The van der Waals surface area contributed by atoms with Crippen LogP contribution in [0.2, 0.25) is 0 Å². The Morgan fingerprint density at radius 2 is 0.900 bits per heavy atom. The Balaban J connectivity index is 1.35. The third-order valence-electron chi connectivity index (χ3n) is 4.74. The third-order valence-corrected chi connectivity index (χ3v) is 4.74. The quantitative estimate of drug-likeness (QED) is 0.213. The summed E-state index contributed by atoms with van der Waals surface area (Å²) in [4.78, 5) is 67.8. The summed E-state index contributed by atoms with van der Waals surface area (Å²) in [5, 5.41) is 30.1. The Morgan fingerprint density at radius 3 is 1.20 bits per heavy atom. The topological polar surface area (TPSA) is 221 Å². The van der Waals surface area contributed by atoms with Crippen molar-refractivity contribution in [1.29, 1.82) is 0 Å². The summed E-state index contributed by atoms with van der Waals surface area (Å²) in [6.45, 7) is -1.000. The molecule has 0 atom stereocenters. The Hall–Kier alpha value is -6.06. The first-order chi connectivity index (χ1) is 19.1. The molecule has 206 valence electrons. The molecule has 16 nitrogen and oxygen atoms in total. The Kier molecular flexibility index (Phi) is 9.60. The van der Waals surface area contributed by atoms with E-state index in [0.29, 0.717) is 0 Å². The van der Waals surface area contributed by atoms with E-state index in [1.165, 1.54) is 72.8 Å². The van der Waals surface area contributed by atoms with Crippen LogP contribution >= 0.6 is 0 Å². The maximum Gasteiger partial charge on any atom is 0.325 e. The summed E-state index contributed by atoms with van der Waals surface area (Å²) in [5.41, 5.74) is 0.177. The number of nitro benzene ring substituents is 2. The maximum atomic E-state index is 11.9. The van der Waals surface area contributed by atoms with Crippen LogP contribution in [-0.4, -0.2) is 46.9 Å². The number of anilines is 2. The van der Waals surface area contributed by atoms with E-state index < -0.39 is 46.9 Å². The summed E-state index contributed by atoms with van der Waals surface area (Å²) in [5.74, 6) is -1.01. The van der Waals surface area contributed by atoms with Gasteiger partial charge in [0.1, 0.15) is 11.5 Å². The molecule has 3 aromatic rings. The van der Waals surface area contributed by atoms with Crippen LogP contribution in [0.15, 0.2) is 72.8 Å². The van der Waals surface area contributed by atoms with Gasteiger partial charge in [0.15, 0.2) is 13.2 Å². The molecule has 0 fully saturated rings. The van der Waals surface area contributed by atoms with Gasteiger partial charge in [-0.3, -0.25) is 40.5 Å². The SMILES string of the molecule is O=C(COc1ccc(OCC(=O)NC(=O)Nc2ccc([N+](=O)[O-])cc2)cc1)NC(=O)Nc1ccc([N+](=O)[O-])cc1. The number of amides is 6. The first-order valence-electron chi connectivity index (χ1n) is 11.2. The molecule has 0 bridgehead atoms. The van der Waals surface area contributed by atoms with Gasteiger partial charge in [0.05, 0.1) is 9.85 Å². The van der Waals surface area contributed by atoms with Crippen molar-refractivity contribution in [3.05, 3.63) is 93.0 Å². The Bertz CT molecular complexity index is 1300. The summed E-state index contributed by atoms with van der Waals surface area (Å²) in [6, 6.07) is 14.1. The Morgan fingerprint density at radius 1 is 0.575 bits per heavy atom. The first-order valence-corrected chi connectivity index (χ1v) is 11.2. The van der Waals surface area contributed by atoms with E-state index in [-0.39, 0.29) is 34.2 Å². The molecule has 0 radical (unpaired) electrons. The van der Waals surface area contributed by atoms with E-state index in [2.05, 4.69) is 10.6 Å². The minimum Gasteiger partial charge on any atom is -0.484 e. The van der Waals surface area contributed by atoms with Crippen LogP contribution in [0, 0.1) is 20.2 Å². The van der Waals surface area contributed by atoms with Crippen molar-refractivity contribution in [2.45, 2.75) is 0 Å². The number of nitro groups is 2. The van der Waals surface area contributed by atoms with E-state index in [1.807, 2.05) is 10.6 Å². The van der Waals surface area contributed by atoms with Crippen LogP contribution in [-0.2, 0) is 9.59 Å². The lowest BCUT2D eigenvalue weighted by atomic mass is 10.3. The summed E-state index contributed by atoms with van der Waals surface area (Å²) in [7, 11) is 0. The van der Waals surface area contributed by atoms with Crippen LogP contribution in [0.25, 0.3) is 0 Å². The van der Waals surface area contributed by atoms with Crippen LogP contribution < -0.4 is 30.7 Å². The van der Waals surface area contributed by atoms with Gasteiger partial charge >= 0.3 is 12.1 Å². The molecule has 0 saturated carbocycles. The van der Waals surface area contributed by atoms with E-state index in [0.717, 1.165) is 0 Å². The number of benzene rings is 3. The molecule has 6 amide bonds. The van der Waals surface area contributed by atoms with Crippen molar-refractivity contribution in [1.82, 2.24) is 10.6 Å². The number of hydrogen-bond acceptors (Lipinski definition) is 10. The third kappa shape index (κ3) is 9.11. The Labute approximate surface area is 224 Å². The van der Waals surface area contributed by atoms with Gasteiger partial charge in [-0.1, -0.05) is 0 Å². The molecule has 0 aromatic heterocycles. The van der Waals surface area contributed by atoms with Gasteiger partial charge in [-0.05, 0) is 48.5 Å². The number of carbonyl (C=O) groups is 4. The molecular weight excluding hydrogens is 532 g/mol. The molecule has 16 heteroatoms. The van der Waals surface area contributed by atoms with E-state index in [1.54, 1.807) is 0 Å². The number of nitrogens with one attached hydrogen (secondary N) is 4. The molecule has 3 aromatic carbocycles. The van der Waals surface area contributed by atoms with Crippen LogP contribution in [0.5, 0.6) is 11.5 Å². The minimum atomic E-state index is -0.856. The predicted octanol–water partition coefficient (Wildman–Crippen LogP) is 2.96. The molecule has 0 saturated heterocycles. The highest BCUT2D eigenvalue weighted by Gasteiger charge is 2.12. The second-order valence-corrected chi connectivity index (χ2v) is 7.66. The molecule has 0 unspecified atom stereocenters. The molecule has 0 aliphatic carbocycles. The number of ether oxygens (including phenoxy) is 2. The molecule has 4 N–H and O–H groups in total. The van der Waals surface area contributed by atoms with Gasteiger partial charge < -0.3 is 20.1 Å². The van der Waals surface area contributed by atoms with Gasteiger partial charge in [-0.15, -0.1) is 0 Å². The van der Waals surface area contributed by atoms with Gasteiger partial charge in [0, 0.05) is 35.6 Å². The monoisotopic (exact) mass is 552 g/mol. The number of carbonyl (C=O) groups excluding carboxylic acids is 4. The van der Waals surface area contributed by atoms with Gasteiger partial charge in [-0.2, -0.15) is 0 Å². The zero-order chi connectivity index (χ0) is 29.1. The summed E-state index contributed by atoms with van der Waals surface area (Å²) < 4.78 is 10.6. The molecule has 0 heterocycles. The van der Waals surface area contributed by atoms with Crippen molar-refractivity contribution in [2.75, 3.05) is 23.8 Å². The molecule has 40 heavy (non-hydrogen) atoms. The second-order valence-electron chi connectivity index (χ2n) is 7.66. The molecular formula is C24H20N6O10. The van der Waals surface area contributed by atoms with Crippen molar-refractivity contribution in [3.8, 4) is 11.5 Å². The highest BCUT2D eigenvalue weighted by molar-refractivity contribution is 6.02. The number of hydrogen-bond donors (Lipinski definition) is 4. The van der Waals surface area contributed by atoms with Crippen molar-refractivity contribution in [3.63, 3.8) is 0 Å². The second kappa shape index (κ2) is 13.5. The van der Waals surface area contributed by atoms with E-state index in [9.17, 15) is 39.4 Å². The first kappa shape index (κ1) is 28.5. The largest absolute Gasteiger partial charge is 0.484 e. The van der Waals surface area contributed by atoms with Crippen molar-refractivity contribution in [2.24, 2.45) is 0 Å². The van der Waals surface area contributed by atoms with E-state index >= 15 is 0 Å². The van der Waals surface area contributed by atoms with Crippen LogP contribution in [0.4, 0.5) is 32.3 Å². The summed E-state index contributed by atoms with van der Waals surface area (Å²) >= 11 is 0. The maximum absolute atomic E-state index is 11.9. The lowest BCUT2D eigenvalue weighted by molar-refractivity contribution is -0.385. The molecule has 0 spiro atoms. The number of urea groups is 2. The summed E-state index contributed by atoms with van der Waals surface area (Å²) in [6.07, 6.45) is 0. The highest BCUT2D eigenvalue weighted by atomic mass is 16.6. The lowest BCUT2D eigenvalue weighted by Crippen LogP contribution is -2.37. The van der Waals surface area contributed by atoms with Crippen LogP contribution in [0.1, 0.15) is 0 Å². The molecule has 0 aliphatic heterocycles. The van der Waals surface area contributed by atoms with Gasteiger partial charge in [0.2, 0.25) is 0 Å². The zero-order valence-corrected chi connectivity index (χ0v) is 20.3. The lowest BCUT2D eigenvalue weighted by Gasteiger charge is -2.10. The fourth-order valence-corrected chi connectivity index (χ4v) is 2.91. The average Bonchev–Trinajstić information content (AvgIpc) is 2.91. The zero-order valence-electron chi connectivity index (χ0n) is 20.3. The minimum absolute atomic E-state index is 0.153. The smallest absolute Gasteiger partial charge is 0.325 e. The van der Waals surface area contributed by atoms with Gasteiger partial charge in [-0.25, -0.2) is 9.59 Å². The van der Waals surface area contributed by atoms with Gasteiger partial charge in [0.25, 0.3) is 23.2 Å². The number of imide groups is 2. The normalized spacial score (nSPS) is 10.0. The average molecular weight is 552 g/mol. The fourth-order valence-electron chi connectivity index (χ4n) is 2.91. The molecule has 3 rings (SSSR count). The number of rotatable bonds is 10. The fraction of sp³-hybridized carbons (Fsp3) is 0.0833.